The molecule has 1 amide bonds. The summed E-state index contributed by atoms with van der Waals surface area (Å²) in [5.41, 5.74) is 5.66. The number of nitrogens with one attached hydrogen (secondary N) is 1. The molecule has 1 aliphatic carbocycles. The SMILES string of the molecule is CONc1ccc2c(c1)C1(CC1)C(=O)N2C. The molecular weight excluding hydrogens is 204 g/mol. The smallest absolute Gasteiger partial charge is 0.237 e. The quantitative estimate of drug-likeness (QED) is 0.768. The van der Waals surface area contributed by atoms with Gasteiger partial charge < -0.3 is 4.90 Å². The Hall–Kier alpha value is -1.55. The minimum absolute atomic E-state index is 0.213. The molecule has 4 nitrogen and oxygen atoms in total. The molecule has 0 bridgehead atoms. The number of rotatable bonds is 2. The average molecular weight is 218 g/mol. The van der Waals surface area contributed by atoms with Crippen LogP contribution in [0.25, 0.3) is 0 Å². The molecule has 0 aromatic heterocycles. The molecule has 1 saturated carbocycles. The average Bonchev–Trinajstić information content (AvgIpc) is 3.05. The number of likely N-dealkylation sites (N-methyl/N-ethyl adjacent to an activating group) is 1. The highest BCUT2D eigenvalue weighted by atomic mass is 16.6. The van der Waals surface area contributed by atoms with Crippen molar-refractivity contribution in [2.45, 2.75) is 18.3 Å². The van der Waals surface area contributed by atoms with Crippen LogP contribution in [0.2, 0.25) is 0 Å². The highest BCUT2D eigenvalue weighted by Crippen LogP contribution is 2.57. The number of carbonyl (C=O) groups excluding carboxylic acids is 1. The van der Waals surface area contributed by atoms with Crippen LogP contribution in [0.1, 0.15) is 18.4 Å². The summed E-state index contributed by atoms with van der Waals surface area (Å²) < 4.78 is 0. The largest absolute Gasteiger partial charge is 0.314 e. The lowest BCUT2D eigenvalue weighted by Gasteiger charge is -2.10. The second kappa shape index (κ2) is 2.98. The maximum absolute atomic E-state index is 12.1. The Bertz CT molecular complexity index is 466. The van der Waals surface area contributed by atoms with Crippen molar-refractivity contribution < 1.29 is 9.63 Å². The standard InChI is InChI=1S/C12H14N2O2/c1-14-10-4-3-8(13-16-2)7-9(10)12(5-6-12)11(14)15/h3-4,7,13H,5-6H2,1-2H3. The Labute approximate surface area is 94.1 Å². The van der Waals surface area contributed by atoms with Crippen LogP contribution in [0.4, 0.5) is 11.4 Å². The first-order valence-electron chi connectivity index (χ1n) is 5.41. The van der Waals surface area contributed by atoms with Gasteiger partial charge in [0.2, 0.25) is 5.91 Å². The van der Waals surface area contributed by atoms with Gasteiger partial charge in [-0.25, -0.2) is 0 Å². The van der Waals surface area contributed by atoms with Crippen molar-refractivity contribution in [3.8, 4) is 0 Å². The van der Waals surface area contributed by atoms with Gasteiger partial charge in [0.25, 0.3) is 0 Å². The number of hydrogen-bond donors (Lipinski definition) is 1. The highest BCUT2D eigenvalue weighted by Gasteiger charge is 2.58. The number of anilines is 2. The van der Waals surface area contributed by atoms with Crippen molar-refractivity contribution in [3.63, 3.8) is 0 Å². The lowest BCUT2D eigenvalue weighted by atomic mass is 9.97. The summed E-state index contributed by atoms with van der Waals surface area (Å²) in [5.74, 6) is 0.233. The van der Waals surface area contributed by atoms with Crippen molar-refractivity contribution in [2.24, 2.45) is 0 Å². The van der Waals surface area contributed by atoms with E-state index in [-0.39, 0.29) is 11.3 Å². The minimum atomic E-state index is -0.213. The number of hydrogen-bond acceptors (Lipinski definition) is 3. The molecule has 0 saturated heterocycles. The predicted octanol–water partition coefficient (Wildman–Crippen LogP) is 1.67. The fourth-order valence-corrected chi connectivity index (χ4v) is 2.55. The van der Waals surface area contributed by atoms with Crippen LogP contribution in [0.15, 0.2) is 18.2 Å². The van der Waals surface area contributed by atoms with Gasteiger partial charge in [0.05, 0.1) is 18.2 Å². The maximum Gasteiger partial charge on any atom is 0.237 e. The normalized spacial score (nSPS) is 20.1. The summed E-state index contributed by atoms with van der Waals surface area (Å²) in [5, 5.41) is 0. The first-order chi connectivity index (χ1) is 7.69. The lowest BCUT2D eigenvalue weighted by molar-refractivity contribution is -0.119. The summed E-state index contributed by atoms with van der Waals surface area (Å²) in [6, 6.07) is 5.92. The van der Waals surface area contributed by atoms with Crippen molar-refractivity contribution in [3.05, 3.63) is 23.8 Å². The summed E-state index contributed by atoms with van der Waals surface area (Å²) >= 11 is 0. The molecule has 1 aromatic carbocycles. The summed E-state index contributed by atoms with van der Waals surface area (Å²) in [6.45, 7) is 0. The lowest BCUT2D eigenvalue weighted by Crippen LogP contribution is -2.27. The van der Waals surface area contributed by atoms with Gasteiger partial charge in [0.1, 0.15) is 0 Å². The number of carbonyl (C=O) groups is 1. The van der Waals surface area contributed by atoms with E-state index >= 15 is 0 Å². The fraction of sp³-hybridized carbons (Fsp3) is 0.417. The van der Waals surface area contributed by atoms with Gasteiger partial charge in [0, 0.05) is 12.7 Å². The van der Waals surface area contributed by atoms with Gasteiger partial charge in [-0.2, -0.15) is 0 Å². The molecule has 0 radical (unpaired) electrons. The summed E-state index contributed by atoms with van der Waals surface area (Å²) in [7, 11) is 3.43. The molecule has 0 unspecified atom stereocenters. The topological polar surface area (TPSA) is 41.6 Å². The molecule has 4 heteroatoms. The van der Waals surface area contributed by atoms with Gasteiger partial charge in [-0.1, -0.05) is 0 Å². The summed E-state index contributed by atoms with van der Waals surface area (Å²) in [6.07, 6.45) is 1.94. The van der Waals surface area contributed by atoms with E-state index in [1.165, 1.54) is 0 Å². The zero-order chi connectivity index (χ0) is 11.3. The molecule has 84 valence electrons. The third-order valence-corrected chi connectivity index (χ3v) is 3.56. The molecule has 3 rings (SSSR count). The van der Waals surface area contributed by atoms with Crippen LogP contribution in [-0.2, 0) is 15.0 Å². The zero-order valence-corrected chi connectivity index (χ0v) is 9.41. The van der Waals surface area contributed by atoms with Crippen molar-refractivity contribution in [1.29, 1.82) is 0 Å². The Balaban J connectivity index is 2.10. The molecule has 2 aliphatic rings. The van der Waals surface area contributed by atoms with Crippen molar-refractivity contribution in [1.82, 2.24) is 0 Å². The maximum atomic E-state index is 12.1. The second-order valence-corrected chi connectivity index (χ2v) is 4.48. The molecule has 1 aliphatic heterocycles. The molecule has 1 aromatic rings. The molecule has 1 fully saturated rings. The zero-order valence-electron chi connectivity index (χ0n) is 9.41. The monoisotopic (exact) mass is 218 g/mol. The Morgan fingerprint density at radius 1 is 1.44 bits per heavy atom. The highest BCUT2D eigenvalue weighted by molar-refractivity contribution is 6.10. The number of nitrogens with zero attached hydrogens (tertiary/aromatic N) is 1. The molecular formula is C12H14N2O2. The van der Waals surface area contributed by atoms with E-state index in [1.807, 2.05) is 25.2 Å². The van der Waals surface area contributed by atoms with Gasteiger partial charge in [-0.05, 0) is 36.6 Å². The Morgan fingerprint density at radius 2 is 2.19 bits per heavy atom. The molecule has 1 N–H and O–H groups in total. The number of benzene rings is 1. The first-order valence-corrected chi connectivity index (χ1v) is 5.41. The predicted molar refractivity (Wildman–Crippen MR) is 61.4 cm³/mol. The Kier molecular flexibility index (Phi) is 1.80. The van der Waals surface area contributed by atoms with Gasteiger partial charge in [-0.3, -0.25) is 15.1 Å². The van der Waals surface area contributed by atoms with E-state index < -0.39 is 0 Å². The number of fused-ring (bicyclic) bond motifs is 2. The Morgan fingerprint density at radius 3 is 2.81 bits per heavy atom. The fourth-order valence-electron chi connectivity index (χ4n) is 2.55. The van der Waals surface area contributed by atoms with Crippen LogP contribution in [0, 0.1) is 0 Å². The molecule has 1 heterocycles. The van der Waals surface area contributed by atoms with E-state index in [2.05, 4.69) is 5.48 Å². The minimum Gasteiger partial charge on any atom is -0.314 e. The van der Waals surface area contributed by atoms with Gasteiger partial charge >= 0.3 is 0 Å². The van der Waals surface area contributed by atoms with Crippen molar-refractivity contribution >= 4 is 17.3 Å². The number of amides is 1. The second-order valence-electron chi connectivity index (χ2n) is 4.48. The van der Waals surface area contributed by atoms with Crippen LogP contribution < -0.4 is 10.4 Å². The molecule has 16 heavy (non-hydrogen) atoms. The summed E-state index contributed by atoms with van der Waals surface area (Å²) in [4.78, 5) is 18.7. The van der Waals surface area contributed by atoms with E-state index in [0.29, 0.717) is 0 Å². The van der Waals surface area contributed by atoms with Crippen LogP contribution in [0.5, 0.6) is 0 Å². The van der Waals surface area contributed by atoms with E-state index in [9.17, 15) is 4.79 Å². The van der Waals surface area contributed by atoms with E-state index in [0.717, 1.165) is 29.8 Å². The van der Waals surface area contributed by atoms with E-state index in [1.54, 1.807) is 12.0 Å². The van der Waals surface area contributed by atoms with E-state index in [4.69, 9.17) is 4.84 Å². The third-order valence-electron chi connectivity index (χ3n) is 3.56. The van der Waals surface area contributed by atoms with Crippen LogP contribution in [0.3, 0.4) is 0 Å². The first kappa shape index (κ1) is 9.66. The van der Waals surface area contributed by atoms with Gasteiger partial charge in [-0.15, -0.1) is 0 Å². The molecule has 1 spiro atoms. The molecule has 0 atom stereocenters. The van der Waals surface area contributed by atoms with Crippen LogP contribution >= 0.6 is 0 Å². The van der Waals surface area contributed by atoms with Crippen LogP contribution in [-0.4, -0.2) is 20.1 Å². The van der Waals surface area contributed by atoms with Crippen molar-refractivity contribution in [2.75, 3.05) is 24.5 Å². The third kappa shape index (κ3) is 1.05. The van der Waals surface area contributed by atoms with Gasteiger partial charge in [0.15, 0.2) is 0 Å².